The van der Waals surface area contributed by atoms with E-state index in [1.807, 2.05) is 18.2 Å². The minimum Gasteiger partial charge on any atom is -0.351 e. The van der Waals surface area contributed by atoms with E-state index in [4.69, 9.17) is 0 Å². The van der Waals surface area contributed by atoms with Gasteiger partial charge in [-0.2, -0.15) is 0 Å². The van der Waals surface area contributed by atoms with Crippen LogP contribution in [-0.4, -0.2) is 25.0 Å². The number of benzene rings is 1. The Balaban J connectivity index is 1.73. The van der Waals surface area contributed by atoms with Gasteiger partial charge in [-0.25, -0.2) is 0 Å². The molecule has 3 heteroatoms. The monoisotopic (exact) mass is 258 g/mol. The first-order valence-corrected chi connectivity index (χ1v) is 7.38. The van der Waals surface area contributed by atoms with E-state index in [-0.39, 0.29) is 11.3 Å². The molecule has 3 rings (SSSR count). The molecule has 1 heterocycles. The normalized spacial score (nSPS) is 25.4. The number of hydrogen-bond acceptors (Lipinski definition) is 2. The summed E-state index contributed by atoms with van der Waals surface area (Å²) in [6.07, 6.45) is 5.39. The third kappa shape index (κ3) is 2.39. The first-order valence-electron chi connectivity index (χ1n) is 7.38. The minimum atomic E-state index is -0.251. The number of rotatable bonds is 3. The van der Waals surface area contributed by atoms with Crippen LogP contribution in [-0.2, 0) is 10.2 Å². The molecule has 1 aromatic carbocycles. The molecule has 1 saturated heterocycles. The summed E-state index contributed by atoms with van der Waals surface area (Å²) < 4.78 is 0. The molecule has 2 aliphatic rings. The van der Waals surface area contributed by atoms with E-state index < -0.39 is 0 Å². The van der Waals surface area contributed by atoms with Gasteiger partial charge >= 0.3 is 0 Å². The fraction of sp³-hybridized carbons (Fsp3) is 0.562. The van der Waals surface area contributed by atoms with Gasteiger partial charge in [-0.1, -0.05) is 36.8 Å². The van der Waals surface area contributed by atoms with E-state index in [2.05, 4.69) is 22.8 Å². The van der Waals surface area contributed by atoms with Gasteiger partial charge in [-0.15, -0.1) is 0 Å². The van der Waals surface area contributed by atoms with Crippen molar-refractivity contribution in [3.63, 3.8) is 0 Å². The Morgan fingerprint density at radius 3 is 2.58 bits per heavy atom. The predicted molar refractivity (Wildman–Crippen MR) is 76.0 cm³/mol. The molecule has 1 atom stereocenters. The molecule has 1 saturated carbocycles. The molecule has 3 nitrogen and oxygen atoms in total. The van der Waals surface area contributed by atoms with Crippen molar-refractivity contribution < 1.29 is 4.79 Å². The van der Waals surface area contributed by atoms with Crippen LogP contribution in [0.5, 0.6) is 0 Å². The Morgan fingerprint density at radius 1 is 1.21 bits per heavy atom. The summed E-state index contributed by atoms with van der Waals surface area (Å²) in [7, 11) is 0. The molecule has 1 aromatic rings. The van der Waals surface area contributed by atoms with Gasteiger partial charge in [0.25, 0.3) is 0 Å². The van der Waals surface area contributed by atoms with Crippen LogP contribution in [0.1, 0.15) is 37.7 Å². The summed E-state index contributed by atoms with van der Waals surface area (Å²) in [4.78, 5) is 12.7. The van der Waals surface area contributed by atoms with E-state index in [0.29, 0.717) is 6.04 Å². The van der Waals surface area contributed by atoms with Crippen LogP contribution in [0.25, 0.3) is 0 Å². The van der Waals surface area contributed by atoms with Crippen LogP contribution in [0, 0.1) is 0 Å². The SMILES string of the molecule is O=C(NC1CCCNC1)C1(c2ccccc2)CCC1. The van der Waals surface area contributed by atoms with Crippen molar-refractivity contribution >= 4 is 5.91 Å². The second-order valence-electron chi connectivity index (χ2n) is 5.82. The zero-order chi connectivity index (χ0) is 13.1. The van der Waals surface area contributed by atoms with Gasteiger partial charge in [0.1, 0.15) is 0 Å². The maximum atomic E-state index is 12.7. The first kappa shape index (κ1) is 12.7. The van der Waals surface area contributed by atoms with Crippen molar-refractivity contribution in [3.8, 4) is 0 Å². The lowest BCUT2D eigenvalue weighted by atomic mass is 9.63. The van der Waals surface area contributed by atoms with Crippen molar-refractivity contribution in [3.05, 3.63) is 35.9 Å². The largest absolute Gasteiger partial charge is 0.351 e. The zero-order valence-corrected chi connectivity index (χ0v) is 11.3. The Labute approximate surface area is 114 Å². The lowest BCUT2D eigenvalue weighted by molar-refractivity contribution is -0.130. The lowest BCUT2D eigenvalue weighted by Crippen LogP contribution is -2.55. The van der Waals surface area contributed by atoms with Gasteiger partial charge in [-0.3, -0.25) is 4.79 Å². The smallest absolute Gasteiger partial charge is 0.230 e. The fourth-order valence-corrected chi connectivity index (χ4v) is 3.23. The molecule has 1 aliphatic carbocycles. The summed E-state index contributed by atoms with van der Waals surface area (Å²) in [6.45, 7) is 1.99. The number of carbonyl (C=O) groups is 1. The number of amides is 1. The highest BCUT2D eigenvalue weighted by atomic mass is 16.2. The summed E-state index contributed by atoms with van der Waals surface area (Å²) in [5.74, 6) is 0.235. The van der Waals surface area contributed by atoms with Crippen molar-refractivity contribution in [2.75, 3.05) is 13.1 Å². The highest BCUT2D eigenvalue weighted by molar-refractivity contribution is 5.89. The molecular weight excluding hydrogens is 236 g/mol. The predicted octanol–water partition coefficient (Wildman–Crippen LogP) is 1.98. The molecule has 2 fully saturated rings. The van der Waals surface area contributed by atoms with Gasteiger partial charge in [0.15, 0.2) is 0 Å². The average Bonchev–Trinajstić information content (AvgIpc) is 2.40. The Hall–Kier alpha value is -1.35. The number of carbonyl (C=O) groups excluding carboxylic acids is 1. The molecule has 1 aliphatic heterocycles. The third-order valence-electron chi connectivity index (χ3n) is 4.60. The molecule has 1 unspecified atom stereocenters. The summed E-state index contributed by atoms with van der Waals surface area (Å²) in [5, 5.41) is 6.61. The van der Waals surface area contributed by atoms with E-state index >= 15 is 0 Å². The number of nitrogens with one attached hydrogen (secondary N) is 2. The highest BCUT2D eigenvalue weighted by Gasteiger charge is 2.45. The second-order valence-corrected chi connectivity index (χ2v) is 5.82. The molecule has 19 heavy (non-hydrogen) atoms. The van der Waals surface area contributed by atoms with Crippen molar-refractivity contribution in [1.82, 2.24) is 10.6 Å². The van der Waals surface area contributed by atoms with E-state index in [9.17, 15) is 4.79 Å². The van der Waals surface area contributed by atoms with Gasteiger partial charge in [-0.05, 0) is 37.8 Å². The number of hydrogen-bond donors (Lipinski definition) is 2. The van der Waals surface area contributed by atoms with Crippen molar-refractivity contribution in [2.45, 2.75) is 43.6 Å². The van der Waals surface area contributed by atoms with Crippen LogP contribution >= 0.6 is 0 Å². The van der Waals surface area contributed by atoms with Crippen LogP contribution in [0.4, 0.5) is 0 Å². The van der Waals surface area contributed by atoms with E-state index in [1.165, 1.54) is 5.56 Å². The van der Waals surface area contributed by atoms with Crippen molar-refractivity contribution in [1.29, 1.82) is 0 Å². The van der Waals surface area contributed by atoms with Crippen LogP contribution in [0.3, 0.4) is 0 Å². The Kier molecular flexibility index (Phi) is 3.56. The number of piperidine rings is 1. The van der Waals surface area contributed by atoms with Crippen LogP contribution < -0.4 is 10.6 Å². The Bertz CT molecular complexity index is 433. The van der Waals surface area contributed by atoms with Crippen molar-refractivity contribution in [2.24, 2.45) is 0 Å². The second kappa shape index (κ2) is 5.33. The van der Waals surface area contributed by atoms with Gasteiger partial charge in [0, 0.05) is 12.6 Å². The maximum absolute atomic E-state index is 12.7. The molecule has 2 N–H and O–H groups in total. The van der Waals surface area contributed by atoms with Gasteiger partial charge < -0.3 is 10.6 Å². The molecule has 0 bridgehead atoms. The average molecular weight is 258 g/mol. The highest BCUT2D eigenvalue weighted by Crippen LogP contribution is 2.44. The standard InChI is InChI=1S/C16H22N2O/c19-15(18-14-8-4-11-17-12-14)16(9-5-10-16)13-6-2-1-3-7-13/h1-3,6-7,14,17H,4-5,8-12H2,(H,18,19). The zero-order valence-electron chi connectivity index (χ0n) is 11.3. The lowest BCUT2D eigenvalue weighted by Gasteiger charge is -2.42. The van der Waals surface area contributed by atoms with Gasteiger partial charge in [0.05, 0.1) is 5.41 Å². The molecule has 1 amide bonds. The summed E-state index contributed by atoms with van der Waals surface area (Å²) in [6, 6.07) is 10.6. The molecular formula is C16H22N2O. The molecule has 0 aromatic heterocycles. The summed E-state index contributed by atoms with van der Waals surface area (Å²) in [5.41, 5.74) is 0.932. The molecule has 0 radical (unpaired) electrons. The van der Waals surface area contributed by atoms with E-state index in [1.54, 1.807) is 0 Å². The topological polar surface area (TPSA) is 41.1 Å². The minimum absolute atomic E-state index is 0.235. The quantitative estimate of drug-likeness (QED) is 0.870. The first-order chi connectivity index (χ1) is 9.31. The maximum Gasteiger partial charge on any atom is 0.230 e. The summed E-state index contributed by atoms with van der Waals surface area (Å²) >= 11 is 0. The van der Waals surface area contributed by atoms with Crippen LogP contribution in [0.2, 0.25) is 0 Å². The Morgan fingerprint density at radius 2 is 2.00 bits per heavy atom. The third-order valence-corrected chi connectivity index (χ3v) is 4.60. The fourth-order valence-electron chi connectivity index (χ4n) is 3.23. The van der Waals surface area contributed by atoms with Gasteiger partial charge in [0.2, 0.25) is 5.91 Å². The van der Waals surface area contributed by atoms with Crippen LogP contribution in [0.15, 0.2) is 30.3 Å². The molecule has 102 valence electrons. The molecule has 0 spiro atoms. The van der Waals surface area contributed by atoms with E-state index in [0.717, 1.165) is 45.2 Å².